The van der Waals surface area contributed by atoms with Gasteiger partial charge >= 0.3 is 0 Å². The van der Waals surface area contributed by atoms with E-state index >= 15 is 0 Å². The first kappa shape index (κ1) is 14.3. The Hall–Kier alpha value is -1.65. The fraction of sp³-hybridized carbons (Fsp3) is 0.471. The van der Waals surface area contributed by atoms with E-state index in [1.54, 1.807) is 7.11 Å². The molecule has 0 bridgehead atoms. The molecule has 1 aromatic heterocycles. The largest absolute Gasteiger partial charge is 0.378 e. The van der Waals surface area contributed by atoms with Crippen LogP contribution < -0.4 is 5.32 Å². The van der Waals surface area contributed by atoms with Crippen LogP contribution in [0.5, 0.6) is 0 Å². The van der Waals surface area contributed by atoms with Gasteiger partial charge in [-0.3, -0.25) is 4.98 Å². The molecule has 0 amide bonds. The Morgan fingerprint density at radius 1 is 1.29 bits per heavy atom. The summed E-state index contributed by atoms with van der Waals surface area (Å²) in [4.78, 5) is 4.66. The van der Waals surface area contributed by atoms with Gasteiger partial charge < -0.3 is 14.8 Å². The van der Waals surface area contributed by atoms with Gasteiger partial charge in [-0.1, -0.05) is 18.2 Å². The van der Waals surface area contributed by atoms with Gasteiger partial charge in [-0.15, -0.1) is 0 Å². The van der Waals surface area contributed by atoms with E-state index < -0.39 is 0 Å². The molecule has 1 heterocycles. The number of hydrogen-bond donors (Lipinski definition) is 1. The van der Waals surface area contributed by atoms with Crippen LogP contribution >= 0.6 is 0 Å². The summed E-state index contributed by atoms with van der Waals surface area (Å²) in [6.07, 6.45) is 1.27. The van der Waals surface area contributed by atoms with Crippen LogP contribution in [0, 0.1) is 6.92 Å². The lowest BCUT2D eigenvalue weighted by atomic mass is 9.85. The molecule has 3 atom stereocenters. The number of benzene rings is 1. The first-order valence-electron chi connectivity index (χ1n) is 7.50. The zero-order valence-corrected chi connectivity index (χ0v) is 12.8. The molecule has 0 aliphatic heterocycles. The van der Waals surface area contributed by atoms with Gasteiger partial charge in [0.1, 0.15) is 6.10 Å². The van der Waals surface area contributed by atoms with Crippen LogP contribution in [0.3, 0.4) is 0 Å². The smallest absolute Gasteiger partial charge is 0.103 e. The van der Waals surface area contributed by atoms with Crippen molar-refractivity contribution in [3.05, 3.63) is 36.0 Å². The zero-order valence-electron chi connectivity index (χ0n) is 12.8. The highest BCUT2D eigenvalue weighted by molar-refractivity contribution is 5.90. The standard InChI is InChI=1S/C17H22N2O2/c1-4-21-15-10-14(17(15)20-3)19-13-7-5-6-12-9-8-11(2)18-16(12)13/h5-9,14-15,17,19H,4,10H2,1-3H3. The van der Waals surface area contributed by atoms with Gasteiger partial charge in [-0.2, -0.15) is 0 Å². The molecular weight excluding hydrogens is 264 g/mol. The molecule has 112 valence electrons. The summed E-state index contributed by atoms with van der Waals surface area (Å²) in [5.74, 6) is 0. The van der Waals surface area contributed by atoms with Crippen molar-refractivity contribution in [3.8, 4) is 0 Å². The van der Waals surface area contributed by atoms with Crippen molar-refractivity contribution in [2.24, 2.45) is 0 Å². The maximum Gasteiger partial charge on any atom is 0.103 e. The molecule has 0 saturated heterocycles. The average molecular weight is 286 g/mol. The number of aryl methyl sites for hydroxylation is 1. The molecule has 4 nitrogen and oxygen atoms in total. The van der Waals surface area contributed by atoms with Gasteiger partial charge in [0.2, 0.25) is 0 Å². The predicted molar refractivity (Wildman–Crippen MR) is 84.7 cm³/mol. The van der Waals surface area contributed by atoms with Crippen LogP contribution in [-0.4, -0.2) is 37.0 Å². The lowest BCUT2D eigenvalue weighted by Crippen LogP contribution is -2.56. The summed E-state index contributed by atoms with van der Waals surface area (Å²) >= 11 is 0. The van der Waals surface area contributed by atoms with Crippen molar-refractivity contribution in [2.75, 3.05) is 19.0 Å². The van der Waals surface area contributed by atoms with Crippen molar-refractivity contribution < 1.29 is 9.47 Å². The molecule has 21 heavy (non-hydrogen) atoms. The molecule has 1 aromatic carbocycles. The van der Waals surface area contributed by atoms with E-state index in [2.05, 4.69) is 34.6 Å². The van der Waals surface area contributed by atoms with Gasteiger partial charge in [0.25, 0.3) is 0 Å². The summed E-state index contributed by atoms with van der Waals surface area (Å²) < 4.78 is 11.2. The lowest BCUT2D eigenvalue weighted by Gasteiger charge is -2.43. The number of aromatic nitrogens is 1. The van der Waals surface area contributed by atoms with Crippen LogP contribution in [0.1, 0.15) is 19.0 Å². The number of methoxy groups -OCH3 is 1. The number of fused-ring (bicyclic) bond motifs is 1. The van der Waals surface area contributed by atoms with Crippen LogP contribution in [0.25, 0.3) is 10.9 Å². The van der Waals surface area contributed by atoms with E-state index in [0.29, 0.717) is 0 Å². The van der Waals surface area contributed by atoms with Crippen LogP contribution in [-0.2, 0) is 9.47 Å². The molecule has 3 rings (SSSR count). The van der Waals surface area contributed by atoms with E-state index in [-0.39, 0.29) is 18.2 Å². The minimum Gasteiger partial charge on any atom is -0.378 e. The van der Waals surface area contributed by atoms with Crippen LogP contribution in [0.4, 0.5) is 5.69 Å². The highest BCUT2D eigenvalue weighted by atomic mass is 16.5. The van der Waals surface area contributed by atoms with E-state index in [0.717, 1.165) is 35.3 Å². The molecule has 4 heteroatoms. The molecular formula is C17H22N2O2. The molecule has 0 radical (unpaired) electrons. The summed E-state index contributed by atoms with van der Waals surface area (Å²) in [6, 6.07) is 10.7. The summed E-state index contributed by atoms with van der Waals surface area (Å²) in [7, 11) is 1.75. The molecule has 1 aliphatic carbocycles. The third kappa shape index (κ3) is 2.74. The van der Waals surface area contributed by atoms with Crippen molar-refractivity contribution in [1.29, 1.82) is 0 Å². The van der Waals surface area contributed by atoms with Gasteiger partial charge in [0, 0.05) is 24.8 Å². The summed E-state index contributed by atoms with van der Waals surface area (Å²) in [5.41, 5.74) is 3.12. The quantitative estimate of drug-likeness (QED) is 0.917. The highest BCUT2D eigenvalue weighted by Crippen LogP contribution is 2.32. The number of rotatable bonds is 5. The molecule has 1 saturated carbocycles. The molecule has 0 spiro atoms. The van der Waals surface area contributed by atoms with Gasteiger partial charge in [-0.25, -0.2) is 0 Å². The van der Waals surface area contributed by atoms with Gasteiger partial charge in [-0.05, 0) is 32.4 Å². The SMILES string of the molecule is CCOC1CC(Nc2cccc3ccc(C)nc23)C1OC. The van der Waals surface area contributed by atoms with E-state index in [1.165, 1.54) is 0 Å². The fourth-order valence-corrected chi connectivity index (χ4v) is 2.98. The van der Waals surface area contributed by atoms with Gasteiger partial charge in [0.15, 0.2) is 0 Å². The number of ether oxygens (including phenoxy) is 2. The lowest BCUT2D eigenvalue weighted by molar-refractivity contribution is -0.117. The van der Waals surface area contributed by atoms with Gasteiger partial charge in [0.05, 0.1) is 23.3 Å². The van der Waals surface area contributed by atoms with Crippen LogP contribution in [0.2, 0.25) is 0 Å². The number of pyridine rings is 1. The summed E-state index contributed by atoms with van der Waals surface area (Å²) in [6.45, 7) is 4.76. The molecule has 2 aromatic rings. The molecule has 1 aliphatic rings. The number of para-hydroxylation sites is 1. The maximum absolute atomic E-state index is 5.68. The third-order valence-electron chi connectivity index (χ3n) is 4.10. The van der Waals surface area contributed by atoms with Crippen LogP contribution in [0.15, 0.2) is 30.3 Å². The number of nitrogens with zero attached hydrogens (tertiary/aromatic N) is 1. The third-order valence-corrected chi connectivity index (χ3v) is 4.10. The first-order valence-corrected chi connectivity index (χ1v) is 7.50. The fourth-order valence-electron chi connectivity index (χ4n) is 2.98. The Balaban J connectivity index is 1.81. The molecule has 1 N–H and O–H groups in total. The number of hydrogen-bond acceptors (Lipinski definition) is 4. The summed E-state index contributed by atoms with van der Waals surface area (Å²) in [5, 5.41) is 4.72. The Labute approximate surface area is 125 Å². The van der Waals surface area contributed by atoms with Crippen molar-refractivity contribution in [2.45, 2.75) is 38.5 Å². The van der Waals surface area contributed by atoms with Crippen molar-refractivity contribution >= 4 is 16.6 Å². The molecule has 1 fully saturated rings. The monoisotopic (exact) mass is 286 g/mol. The second-order valence-electron chi connectivity index (χ2n) is 5.51. The Morgan fingerprint density at radius 2 is 2.14 bits per heavy atom. The van der Waals surface area contributed by atoms with E-state index in [4.69, 9.17) is 9.47 Å². The van der Waals surface area contributed by atoms with Crippen molar-refractivity contribution in [1.82, 2.24) is 4.98 Å². The highest BCUT2D eigenvalue weighted by Gasteiger charge is 2.42. The Kier molecular flexibility index (Phi) is 4.08. The minimum absolute atomic E-state index is 0.102. The second kappa shape index (κ2) is 6.00. The first-order chi connectivity index (χ1) is 10.2. The maximum atomic E-state index is 5.68. The number of anilines is 1. The van der Waals surface area contributed by atoms with Crippen molar-refractivity contribution in [3.63, 3.8) is 0 Å². The zero-order chi connectivity index (χ0) is 14.8. The average Bonchev–Trinajstić information content (AvgIpc) is 2.46. The predicted octanol–water partition coefficient (Wildman–Crippen LogP) is 3.15. The second-order valence-corrected chi connectivity index (χ2v) is 5.51. The minimum atomic E-state index is 0.102. The van der Waals surface area contributed by atoms with E-state index in [9.17, 15) is 0 Å². The normalized spacial score (nSPS) is 24.8. The molecule has 3 unspecified atom stereocenters. The topological polar surface area (TPSA) is 43.4 Å². The van der Waals surface area contributed by atoms with E-state index in [1.807, 2.05) is 19.9 Å². The Morgan fingerprint density at radius 3 is 2.90 bits per heavy atom. The number of nitrogens with one attached hydrogen (secondary N) is 1. The Bertz CT molecular complexity index is 629.